The standard InChI is InChI=1S/C9H5N3/c10-4-7-2-1-3-9-8(7)5-11-6-12-9/h1-3,5-6H. The fourth-order valence-electron chi connectivity index (χ4n) is 1.10. The van der Waals surface area contributed by atoms with Crippen LogP contribution in [0.5, 0.6) is 0 Å². The lowest BCUT2D eigenvalue weighted by molar-refractivity contribution is 1.22. The molecule has 0 aliphatic rings. The first-order chi connectivity index (χ1) is 5.92. The predicted octanol–water partition coefficient (Wildman–Crippen LogP) is 1.50. The highest BCUT2D eigenvalue weighted by Gasteiger charge is 1.98. The van der Waals surface area contributed by atoms with Crippen LogP contribution in [0, 0.1) is 11.3 Å². The van der Waals surface area contributed by atoms with Crippen LogP contribution in [0.2, 0.25) is 0 Å². The Hall–Kier alpha value is -1.95. The van der Waals surface area contributed by atoms with E-state index in [1.54, 1.807) is 12.3 Å². The summed E-state index contributed by atoms with van der Waals surface area (Å²) >= 11 is 0. The van der Waals surface area contributed by atoms with Crippen LogP contribution in [0.15, 0.2) is 30.7 Å². The normalized spacial score (nSPS) is 9.58. The van der Waals surface area contributed by atoms with Crippen molar-refractivity contribution in [1.29, 1.82) is 5.26 Å². The van der Waals surface area contributed by atoms with Gasteiger partial charge in [-0.05, 0) is 12.1 Å². The molecule has 0 aliphatic carbocycles. The van der Waals surface area contributed by atoms with Crippen molar-refractivity contribution in [3.63, 3.8) is 0 Å². The number of nitriles is 1. The molecule has 1 heterocycles. The molecule has 0 saturated heterocycles. The van der Waals surface area contributed by atoms with Crippen LogP contribution in [0.3, 0.4) is 0 Å². The molecule has 0 fully saturated rings. The largest absolute Gasteiger partial charge is 0.244 e. The average molecular weight is 155 g/mol. The van der Waals surface area contributed by atoms with E-state index in [9.17, 15) is 0 Å². The van der Waals surface area contributed by atoms with Crippen LogP contribution >= 0.6 is 0 Å². The highest BCUT2D eigenvalue weighted by molar-refractivity contribution is 5.83. The molecule has 0 spiro atoms. The SMILES string of the molecule is N#Cc1cccc2ncncc12. The van der Waals surface area contributed by atoms with Crippen LogP contribution in [0.25, 0.3) is 10.9 Å². The molecular weight excluding hydrogens is 150 g/mol. The van der Waals surface area contributed by atoms with Gasteiger partial charge in [0, 0.05) is 11.6 Å². The Balaban J connectivity index is 2.91. The lowest BCUT2D eigenvalue weighted by Crippen LogP contribution is -1.83. The zero-order valence-electron chi connectivity index (χ0n) is 6.23. The smallest absolute Gasteiger partial charge is 0.116 e. The molecule has 0 N–H and O–H groups in total. The first-order valence-corrected chi connectivity index (χ1v) is 3.50. The minimum atomic E-state index is 0.619. The second-order valence-corrected chi connectivity index (χ2v) is 2.37. The van der Waals surface area contributed by atoms with E-state index in [-0.39, 0.29) is 0 Å². The summed E-state index contributed by atoms with van der Waals surface area (Å²) in [6, 6.07) is 7.52. The van der Waals surface area contributed by atoms with Crippen LogP contribution < -0.4 is 0 Å². The summed E-state index contributed by atoms with van der Waals surface area (Å²) in [5, 5.41) is 9.54. The van der Waals surface area contributed by atoms with E-state index in [0.29, 0.717) is 5.56 Å². The van der Waals surface area contributed by atoms with Crippen molar-refractivity contribution in [3.05, 3.63) is 36.3 Å². The Kier molecular flexibility index (Phi) is 1.45. The van der Waals surface area contributed by atoms with Gasteiger partial charge in [-0.15, -0.1) is 0 Å². The Labute approximate surface area is 69.3 Å². The number of aromatic nitrogens is 2. The molecule has 0 atom stereocenters. The molecule has 3 heteroatoms. The molecule has 1 aromatic heterocycles. The fourth-order valence-corrected chi connectivity index (χ4v) is 1.10. The molecule has 2 aromatic rings. The number of nitrogens with zero attached hydrogens (tertiary/aromatic N) is 3. The maximum atomic E-state index is 8.73. The third-order valence-corrected chi connectivity index (χ3v) is 1.67. The summed E-state index contributed by atoms with van der Waals surface area (Å²) in [6.45, 7) is 0. The molecule has 2 rings (SSSR count). The monoisotopic (exact) mass is 155 g/mol. The molecule has 0 bridgehead atoms. The first-order valence-electron chi connectivity index (χ1n) is 3.50. The van der Waals surface area contributed by atoms with Gasteiger partial charge < -0.3 is 0 Å². The highest BCUT2D eigenvalue weighted by atomic mass is 14.8. The molecule has 1 aromatic carbocycles. The van der Waals surface area contributed by atoms with Crippen LogP contribution in [0.4, 0.5) is 0 Å². The third-order valence-electron chi connectivity index (χ3n) is 1.67. The molecule has 0 amide bonds. The van der Waals surface area contributed by atoms with Crippen molar-refractivity contribution >= 4 is 10.9 Å². The van der Waals surface area contributed by atoms with Gasteiger partial charge in [0.25, 0.3) is 0 Å². The van der Waals surface area contributed by atoms with Crippen molar-refractivity contribution < 1.29 is 0 Å². The van der Waals surface area contributed by atoms with E-state index in [1.165, 1.54) is 6.33 Å². The fraction of sp³-hybridized carbons (Fsp3) is 0. The Morgan fingerprint density at radius 3 is 3.08 bits per heavy atom. The zero-order chi connectivity index (χ0) is 8.39. The number of benzene rings is 1. The Morgan fingerprint density at radius 1 is 1.33 bits per heavy atom. The molecule has 56 valence electrons. The van der Waals surface area contributed by atoms with Crippen molar-refractivity contribution in [2.24, 2.45) is 0 Å². The second kappa shape index (κ2) is 2.59. The molecule has 3 nitrogen and oxygen atoms in total. The molecule has 0 aliphatic heterocycles. The minimum absolute atomic E-state index is 0.619. The summed E-state index contributed by atoms with van der Waals surface area (Å²) in [6.07, 6.45) is 3.13. The van der Waals surface area contributed by atoms with E-state index in [2.05, 4.69) is 16.0 Å². The molecule has 0 radical (unpaired) electrons. The summed E-state index contributed by atoms with van der Waals surface area (Å²) in [5.41, 5.74) is 1.43. The van der Waals surface area contributed by atoms with E-state index in [0.717, 1.165) is 10.9 Å². The topological polar surface area (TPSA) is 49.6 Å². The van der Waals surface area contributed by atoms with Crippen molar-refractivity contribution in [2.75, 3.05) is 0 Å². The summed E-state index contributed by atoms with van der Waals surface area (Å²) in [7, 11) is 0. The lowest BCUT2D eigenvalue weighted by Gasteiger charge is -1.95. The second-order valence-electron chi connectivity index (χ2n) is 2.37. The Bertz CT molecular complexity index is 451. The molecule has 12 heavy (non-hydrogen) atoms. The number of fused-ring (bicyclic) bond motifs is 1. The van der Waals surface area contributed by atoms with Crippen LogP contribution in [-0.4, -0.2) is 9.97 Å². The summed E-state index contributed by atoms with van der Waals surface area (Å²) in [4.78, 5) is 7.89. The number of hydrogen-bond donors (Lipinski definition) is 0. The van der Waals surface area contributed by atoms with Gasteiger partial charge in [0.15, 0.2) is 0 Å². The number of rotatable bonds is 0. The van der Waals surface area contributed by atoms with Gasteiger partial charge in [0.05, 0.1) is 17.1 Å². The molecule has 0 unspecified atom stereocenters. The van der Waals surface area contributed by atoms with Crippen molar-refractivity contribution in [2.45, 2.75) is 0 Å². The summed E-state index contributed by atoms with van der Waals surface area (Å²) < 4.78 is 0. The van der Waals surface area contributed by atoms with Gasteiger partial charge in [0.1, 0.15) is 6.33 Å². The van der Waals surface area contributed by atoms with Gasteiger partial charge in [-0.3, -0.25) is 0 Å². The van der Waals surface area contributed by atoms with Gasteiger partial charge >= 0.3 is 0 Å². The molecule has 0 saturated carbocycles. The Morgan fingerprint density at radius 2 is 2.25 bits per heavy atom. The van der Waals surface area contributed by atoms with E-state index >= 15 is 0 Å². The van der Waals surface area contributed by atoms with Gasteiger partial charge in [-0.25, -0.2) is 9.97 Å². The average Bonchev–Trinajstić information content (AvgIpc) is 2.17. The third kappa shape index (κ3) is 0.903. The quantitative estimate of drug-likeness (QED) is 0.579. The highest BCUT2D eigenvalue weighted by Crippen LogP contribution is 2.13. The number of hydrogen-bond acceptors (Lipinski definition) is 3. The summed E-state index contributed by atoms with van der Waals surface area (Å²) in [5.74, 6) is 0. The van der Waals surface area contributed by atoms with E-state index < -0.39 is 0 Å². The zero-order valence-corrected chi connectivity index (χ0v) is 6.23. The maximum Gasteiger partial charge on any atom is 0.116 e. The maximum absolute atomic E-state index is 8.73. The van der Waals surface area contributed by atoms with Crippen molar-refractivity contribution in [3.8, 4) is 6.07 Å². The lowest BCUT2D eigenvalue weighted by atomic mass is 10.1. The van der Waals surface area contributed by atoms with Gasteiger partial charge in [-0.1, -0.05) is 6.07 Å². The predicted molar refractivity (Wildman–Crippen MR) is 44.3 cm³/mol. The van der Waals surface area contributed by atoms with Crippen molar-refractivity contribution in [1.82, 2.24) is 9.97 Å². The van der Waals surface area contributed by atoms with Crippen LogP contribution in [0.1, 0.15) is 5.56 Å². The molecular formula is C9H5N3. The first kappa shape index (κ1) is 6.74. The van der Waals surface area contributed by atoms with E-state index in [1.807, 2.05) is 12.1 Å². The van der Waals surface area contributed by atoms with E-state index in [4.69, 9.17) is 5.26 Å². The minimum Gasteiger partial charge on any atom is -0.244 e. The van der Waals surface area contributed by atoms with Crippen LogP contribution in [-0.2, 0) is 0 Å². The van der Waals surface area contributed by atoms with Gasteiger partial charge in [0.2, 0.25) is 0 Å². The van der Waals surface area contributed by atoms with Gasteiger partial charge in [-0.2, -0.15) is 5.26 Å².